The normalized spacial score (nSPS) is 12.2. The quantitative estimate of drug-likeness (QED) is 0.643. The topological polar surface area (TPSA) is 34.1 Å². The number of unbranched alkanes of at least 4 members (excludes halogenated alkanes) is 1. The number of carbonyl (C=O) groups is 2. The van der Waals surface area contributed by atoms with Gasteiger partial charge in [0.25, 0.3) is 0 Å². The molecule has 0 amide bonds. The SMILES string of the molecule is CCCCC(=O)c1ccc(C(CCC)C(C)=O)cc1. The summed E-state index contributed by atoms with van der Waals surface area (Å²) in [5, 5.41) is 0. The van der Waals surface area contributed by atoms with Crippen LogP contribution in [0.15, 0.2) is 24.3 Å². The Morgan fingerprint density at radius 1 is 1.05 bits per heavy atom. The van der Waals surface area contributed by atoms with Crippen molar-refractivity contribution in [3.05, 3.63) is 35.4 Å². The van der Waals surface area contributed by atoms with Crippen molar-refractivity contribution in [3.8, 4) is 0 Å². The molecule has 1 rings (SSSR count). The minimum atomic E-state index is -0.0233. The third-order valence-electron chi connectivity index (χ3n) is 3.46. The van der Waals surface area contributed by atoms with Crippen molar-refractivity contribution < 1.29 is 9.59 Å². The Morgan fingerprint density at radius 2 is 1.68 bits per heavy atom. The highest BCUT2D eigenvalue weighted by atomic mass is 16.1. The first-order chi connectivity index (χ1) is 9.10. The van der Waals surface area contributed by atoms with E-state index in [0.717, 1.165) is 36.8 Å². The summed E-state index contributed by atoms with van der Waals surface area (Å²) in [6.45, 7) is 5.80. The number of rotatable bonds is 8. The molecule has 19 heavy (non-hydrogen) atoms. The second-order valence-corrected chi connectivity index (χ2v) is 5.10. The Morgan fingerprint density at radius 3 is 2.16 bits per heavy atom. The predicted molar refractivity (Wildman–Crippen MR) is 78.6 cm³/mol. The van der Waals surface area contributed by atoms with Gasteiger partial charge < -0.3 is 0 Å². The average Bonchev–Trinajstić information content (AvgIpc) is 2.42. The van der Waals surface area contributed by atoms with Crippen molar-refractivity contribution in [2.45, 2.75) is 58.8 Å². The zero-order chi connectivity index (χ0) is 14.3. The van der Waals surface area contributed by atoms with Crippen LogP contribution in [0.5, 0.6) is 0 Å². The lowest BCUT2D eigenvalue weighted by molar-refractivity contribution is -0.118. The van der Waals surface area contributed by atoms with E-state index in [0.29, 0.717) is 6.42 Å². The smallest absolute Gasteiger partial charge is 0.162 e. The Labute approximate surface area is 116 Å². The molecule has 0 aliphatic carbocycles. The number of hydrogen-bond donors (Lipinski definition) is 0. The van der Waals surface area contributed by atoms with Crippen molar-refractivity contribution in [1.29, 1.82) is 0 Å². The van der Waals surface area contributed by atoms with Crippen molar-refractivity contribution >= 4 is 11.6 Å². The number of ketones is 2. The Hall–Kier alpha value is -1.44. The van der Waals surface area contributed by atoms with Gasteiger partial charge in [0.15, 0.2) is 5.78 Å². The van der Waals surface area contributed by atoms with Crippen molar-refractivity contribution in [2.24, 2.45) is 0 Å². The third-order valence-corrected chi connectivity index (χ3v) is 3.46. The highest BCUT2D eigenvalue weighted by molar-refractivity contribution is 5.96. The zero-order valence-corrected chi connectivity index (χ0v) is 12.2. The molecular weight excluding hydrogens is 236 g/mol. The van der Waals surface area contributed by atoms with E-state index in [1.54, 1.807) is 6.92 Å². The molecule has 2 heteroatoms. The monoisotopic (exact) mass is 260 g/mol. The largest absolute Gasteiger partial charge is 0.299 e. The van der Waals surface area contributed by atoms with Gasteiger partial charge in [-0.3, -0.25) is 9.59 Å². The maximum atomic E-state index is 11.9. The lowest BCUT2D eigenvalue weighted by Gasteiger charge is -2.13. The molecule has 104 valence electrons. The van der Waals surface area contributed by atoms with Crippen LogP contribution >= 0.6 is 0 Å². The summed E-state index contributed by atoms with van der Waals surface area (Å²) in [5.41, 5.74) is 1.79. The standard InChI is InChI=1S/C17H24O2/c1-4-6-8-17(19)15-11-9-14(10-12-15)16(7-5-2)13(3)18/h9-12,16H,4-8H2,1-3H3. The van der Waals surface area contributed by atoms with Gasteiger partial charge in [0, 0.05) is 17.9 Å². The van der Waals surface area contributed by atoms with E-state index in [4.69, 9.17) is 0 Å². The van der Waals surface area contributed by atoms with Crippen molar-refractivity contribution in [2.75, 3.05) is 0 Å². The highest BCUT2D eigenvalue weighted by Gasteiger charge is 2.16. The summed E-state index contributed by atoms with van der Waals surface area (Å²) >= 11 is 0. The van der Waals surface area contributed by atoms with Gasteiger partial charge in [-0.1, -0.05) is 51.0 Å². The molecule has 0 fully saturated rings. The number of Topliss-reactive ketones (excluding diaryl/α,β-unsaturated/α-hetero) is 2. The van der Waals surface area contributed by atoms with Crippen LogP contribution in [0.25, 0.3) is 0 Å². The average molecular weight is 260 g/mol. The van der Waals surface area contributed by atoms with Gasteiger partial charge in [0.2, 0.25) is 0 Å². The minimum Gasteiger partial charge on any atom is -0.299 e. The molecule has 0 radical (unpaired) electrons. The fourth-order valence-electron chi connectivity index (χ4n) is 2.28. The first kappa shape index (κ1) is 15.6. The molecule has 0 aliphatic rings. The molecule has 0 spiro atoms. The van der Waals surface area contributed by atoms with Crippen LogP contribution in [-0.2, 0) is 4.79 Å². The Balaban J connectivity index is 2.79. The summed E-state index contributed by atoms with van der Waals surface area (Å²) in [6.07, 6.45) is 4.44. The summed E-state index contributed by atoms with van der Waals surface area (Å²) in [6, 6.07) is 7.58. The molecular formula is C17H24O2. The summed E-state index contributed by atoms with van der Waals surface area (Å²) in [7, 11) is 0. The van der Waals surface area contributed by atoms with Gasteiger partial charge >= 0.3 is 0 Å². The van der Waals surface area contributed by atoms with Crippen LogP contribution in [0.2, 0.25) is 0 Å². The molecule has 1 aromatic rings. The van der Waals surface area contributed by atoms with Gasteiger partial charge in [-0.25, -0.2) is 0 Å². The summed E-state index contributed by atoms with van der Waals surface area (Å²) in [5.74, 6) is 0.375. The minimum absolute atomic E-state index is 0.0233. The second-order valence-electron chi connectivity index (χ2n) is 5.10. The summed E-state index contributed by atoms with van der Waals surface area (Å²) in [4.78, 5) is 23.5. The molecule has 0 aromatic heterocycles. The van der Waals surface area contributed by atoms with E-state index < -0.39 is 0 Å². The van der Waals surface area contributed by atoms with E-state index in [1.807, 2.05) is 24.3 Å². The van der Waals surface area contributed by atoms with Gasteiger partial charge in [-0.15, -0.1) is 0 Å². The number of benzene rings is 1. The fourth-order valence-corrected chi connectivity index (χ4v) is 2.28. The van der Waals surface area contributed by atoms with Gasteiger partial charge in [-0.2, -0.15) is 0 Å². The van der Waals surface area contributed by atoms with Crippen molar-refractivity contribution in [1.82, 2.24) is 0 Å². The fraction of sp³-hybridized carbons (Fsp3) is 0.529. The molecule has 0 bridgehead atoms. The molecule has 1 unspecified atom stereocenters. The molecule has 0 N–H and O–H groups in total. The maximum Gasteiger partial charge on any atom is 0.162 e. The van der Waals surface area contributed by atoms with Crippen LogP contribution in [0.4, 0.5) is 0 Å². The zero-order valence-electron chi connectivity index (χ0n) is 12.2. The first-order valence-electron chi connectivity index (χ1n) is 7.23. The lowest BCUT2D eigenvalue weighted by atomic mass is 9.90. The van der Waals surface area contributed by atoms with Crippen LogP contribution in [0.3, 0.4) is 0 Å². The van der Waals surface area contributed by atoms with Crippen LogP contribution in [0, 0.1) is 0 Å². The molecule has 1 aromatic carbocycles. The van der Waals surface area contributed by atoms with E-state index in [-0.39, 0.29) is 17.5 Å². The molecule has 0 heterocycles. The van der Waals surface area contributed by atoms with E-state index in [9.17, 15) is 9.59 Å². The van der Waals surface area contributed by atoms with E-state index in [2.05, 4.69) is 13.8 Å². The number of carbonyl (C=O) groups excluding carboxylic acids is 2. The lowest BCUT2D eigenvalue weighted by Crippen LogP contribution is -2.09. The van der Waals surface area contributed by atoms with Gasteiger partial charge in [0.05, 0.1) is 0 Å². The highest BCUT2D eigenvalue weighted by Crippen LogP contribution is 2.23. The van der Waals surface area contributed by atoms with Crippen LogP contribution < -0.4 is 0 Å². The van der Waals surface area contributed by atoms with Crippen molar-refractivity contribution in [3.63, 3.8) is 0 Å². The Kier molecular flexibility index (Phi) is 6.48. The van der Waals surface area contributed by atoms with Crippen LogP contribution in [-0.4, -0.2) is 11.6 Å². The molecule has 0 aliphatic heterocycles. The number of hydrogen-bond acceptors (Lipinski definition) is 2. The van der Waals surface area contributed by atoms with E-state index in [1.165, 1.54) is 0 Å². The third kappa shape index (κ3) is 4.62. The Bertz CT molecular complexity index is 417. The van der Waals surface area contributed by atoms with Crippen LogP contribution in [0.1, 0.15) is 74.7 Å². The molecule has 2 nitrogen and oxygen atoms in total. The van der Waals surface area contributed by atoms with Gasteiger partial charge in [0.1, 0.15) is 5.78 Å². The summed E-state index contributed by atoms with van der Waals surface area (Å²) < 4.78 is 0. The molecule has 1 atom stereocenters. The van der Waals surface area contributed by atoms with E-state index >= 15 is 0 Å². The second kappa shape index (κ2) is 7.88. The first-order valence-corrected chi connectivity index (χ1v) is 7.23. The predicted octanol–water partition coefficient (Wildman–Crippen LogP) is 4.53. The van der Waals surface area contributed by atoms with Gasteiger partial charge in [-0.05, 0) is 25.3 Å². The molecule has 0 saturated heterocycles. The maximum absolute atomic E-state index is 11.9. The molecule has 0 saturated carbocycles.